The highest BCUT2D eigenvalue weighted by Crippen LogP contribution is 2.28. The molecule has 0 fully saturated rings. The van der Waals surface area contributed by atoms with Gasteiger partial charge < -0.3 is 4.57 Å². The van der Waals surface area contributed by atoms with E-state index in [1.807, 2.05) is 24.3 Å². The number of para-hydroxylation sites is 1. The molecule has 7 heteroatoms. The summed E-state index contributed by atoms with van der Waals surface area (Å²) in [5.74, 6) is -0.777. The van der Waals surface area contributed by atoms with E-state index in [9.17, 15) is 13.6 Å². The maximum Gasteiger partial charge on any atom is 0.278 e. The molecule has 2 aromatic heterocycles. The second kappa shape index (κ2) is 7.63. The molecule has 0 aliphatic heterocycles. The summed E-state index contributed by atoms with van der Waals surface area (Å²) in [7, 11) is 0. The van der Waals surface area contributed by atoms with Gasteiger partial charge in [0.2, 0.25) is 0 Å². The van der Waals surface area contributed by atoms with Gasteiger partial charge in [0.1, 0.15) is 22.7 Å². The van der Waals surface area contributed by atoms with Crippen molar-refractivity contribution in [2.45, 2.75) is 13.1 Å². The highest BCUT2D eigenvalue weighted by Gasteiger charge is 2.18. The van der Waals surface area contributed by atoms with Crippen molar-refractivity contribution < 1.29 is 8.78 Å². The number of rotatable bonds is 4. The summed E-state index contributed by atoms with van der Waals surface area (Å²) < 4.78 is 31.0. The Kier molecular flexibility index (Phi) is 4.79. The fourth-order valence-electron chi connectivity index (χ4n) is 3.85. The summed E-state index contributed by atoms with van der Waals surface area (Å²) in [6, 6.07) is 18.0. The number of hydrogen-bond donors (Lipinski definition) is 0. The Balaban J connectivity index is 1.72. The maximum absolute atomic E-state index is 14.5. The third-order valence-corrected chi connectivity index (χ3v) is 5.73. The van der Waals surface area contributed by atoms with Crippen LogP contribution in [-0.4, -0.2) is 14.1 Å². The standard InChI is InChI=1S/C24H16ClF2N3O/c25-19-5-3-6-20(27)18(19)13-30-21-7-2-1-4-17(21)22-23(30)24(31)29(14-28-22)12-15-8-10-16(26)11-9-15/h1-11,14H,12-13H2. The second-order valence-electron chi connectivity index (χ2n) is 7.30. The number of nitrogens with zero attached hydrogens (tertiary/aromatic N) is 3. The van der Waals surface area contributed by atoms with Gasteiger partial charge in [0.25, 0.3) is 5.56 Å². The molecule has 0 aliphatic carbocycles. The molecular formula is C24H16ClF2N3O. The quantitative estimate of drug-likeness (QED) is 0.380. The minimum atomic E-state index is -0.436. The molecule has 0 saturated heterocycles. The van der Waals surface area contributed by atoms with Crippen molar-refractivity contribution in [2.75, 3.05) is 0 Å². The number of benzene rings is 3. The van der Waals surface area contributed by atoms with E-state index in [-0.39, 0.29) is 24.5 Å². The lowest BCUT2D eigenvalue weighted by atomic mass is 10.2. The third-order valence-electron chi connectivity index (χ3n) is 5.38. The van der Waals surface area contributed by atoms with Gasteiger partial charge in [-0.1, -0.05) is 48.0 Å². The molecule has 0 radical (unpaired) electrons. The zero-order valence-electron chi connectivity index (χ0n) is 16.2. The molecule has 5 aromatic rings. The minimum absolute atomic E-state index is 0.0903. The monoisotopic (exact) mass is 435 g/mol. The van der Waals surface area contributed by atoms with Crippen molar-refractivity contribution in [1.82, 2.24) is 14.1 Å². The van der Waals surface area contributed by atoms with Crippen molar-refractivity contribution >= 4 is 33.5 Å². The Morgan fingerprint density at radius 3 is 2.45 bits per heavy atom. The predicted octanol–water partition coefficient (Wildman–Crippen LogP) is 5.38. The summed E-state index contributed by atoms with van der Waals surface area (Å²) in [6.45, 7) is 0.330. The Bertz CT molecular complexity index is 1470. The van der Waals surface area contributed by atoms with E-state index < -0.39 is 5.82 Å². The molecule has 31 heavy (non-hydrogen) atoms. The van der Waals surface area contributed by atoms with Gasteiger partial charge in [-0.05, 0) is 35.9 Å². The first kappa shape index (κ1) is 19.5. The zero-order chi connectivity index (χ0) is 21.5. The molecule has 2 heterocycles. The summed E-state index contributed by atoms with van der Waals surface area (Å²) in [5, 5.41) is 1.09. The van der Waals surface area contributed by atoms with Gasteiger partial charge in [0.05, 0.1) is 24.9 Å². The summed E-state index contributed by atoms with van der Waals surface area (Å²) >= 11 is 6.26. The first-order valence-electron chi connectivity index (χ1n) is 9.66. The summed E-state index contributed by atoms with van der Waals surface area (Å²) in [4.78, 5) is 18.0. The van der Waals surface area contributed by atoms with Crippen LogP contribution in [0.3, 0.4) is 0 Å². The van der Waals surface area contributed by atoms with Crippen LogP contribution in [0.4, 0.5) is 8.78 Å². The predicted molar refractivity (Wildman–Crippen MR) is 118 cm³/mol. The lowest BCUT2D eigenvalue weighted by molar-refractivity contribution is 0.603. The van der Waals surface area contributed by atoms with Crippen molar-refractivity contribution in [2.24, 2.45) is 0 Å². The van der Waals surface area contributed by atoms with Crippen molar-refractivity contribution in [1.29, 1.82) is 0 Å². The number of halogens is 3. The topological polar surface area (TPSA) is 39.8 Å². The largest absolute Gasteiger partial charge is 0.330 e. The van der Waals surface area contributed by atoms with Crippen LogP contribution < -0.4 is 5.56 Å². The molecule has 3 aromatic carbocycles. The molecule has 0 aliphatic rings. The smallest absolute Gasteiger partial charge is 0.278 e. The molecule has 0 saturated carbocycles. The van der Waals surface area contributed by atoms with Gasteiger partial charge in [-0.2, -0.15) is 0 Å². The van der Waals surface area contributed by atoms with E-state index in [4.69, 9.17) is 11.6 Å². The van der Waals surface area contributed by atoms with Crippen LogP contribution in [0.5, 0.6) is 0 Å². The molecule has 4 nitrogen and oxygen atoms in total. The Morgan fingerprint density at radius 2 is 1.68 bits per heavy atom. The number of hydrogen-bond acceptors (Lipinski definition) is 2. The van der Waals surface area contributed by atoms with Crippen molar-refractivity contribution in [3.8, 4) is 0 Å². The summed E-state index contributed by atoms with van der Waals surface area (Å²) in [6.07, 6.45) is 1.49. The van der Waals surface area contributed by atoms with Crippen molar-refractivity contribution in [3.63, 3.8) is 0 Å². The maximum atomic E-state index is 14.5. The molecule has 0 N–H and O–H groups in total. The van der Waals surface area contributed by atoms with E-state index in [1.165, 1.54) is 29.1 Å². The van der Waals surface area contributed by atoms with Crippen LogP contribution in [0.2, 0.25) is 5.02 Å². The first-order valence-corrected chi connectivity index (χ1v) is 10.0. The van der Waals surface area contributed by atoms with Crippen LogP contribution in [-0.2, 0) is 13.1 Å². The van der Waals surface area contributed by atoms with E-state index >= 15 is 0 Å². The highest BCUT2D eigenvalue weighted by atomic mass is 35.5. The van der Waals surface area contributed by atoms with Crippen LogP contribution in [0, 0.1) is 11.6 Å². The zero-order valence-corrected chi connectivity index (χ0v) is 17.0. The lowest BCUT2D eigenvalue weighted by Crippen LogP contribution is -2.23. The SMILES string of the molecule is O=c1c2c(ncn1Cc1ccc(F)cc1)c1ccccc1n2Cc1c(F)cccc1Cl. The summed E-state index contributed by atoms with van der Waals surface area (Å²) in [5.41, 5.74) is 2.48. The van der Waals surface area contributed by atoms with Gasteiger partial charge in [0, 0.05) is 16.0 Å². The molecule has 0 atom stereocenters. The van der Waals surface area contributed by atoms with E-state index in [0.717, 1.165) is 16.5 Å². The fraction of sp³-hybridized carbons (Fsp3) is 0.0833. The molecule has 0 unspecified atom stereocenters. The van der Waals surface area contributed by atoms with E-state index in [2.05, 4.69) is 4.98 Å². The molecule has 154 valence electrons. The minimum Gasteiger partial charge on any atom is -0.330 e. The van der Waals surface area contributed by atoms with Gasteiger partial charge in [-0.15, -0.1) is 0 Å². The van der Waals surface area contributed by atoms with Crippen LogP contribution in [0.1, 0.15) is 11.1 Å². The van der Waals surface area contributed by atoms with Crippen LogP contribution in [0.15, 0.2) is 77.9 Å². The fourth-order valence-corrected chi connectivity index (χ4v) is 4.08. The molecule has 5 rings (SSSR count). The normalized spacial score (nSPS) is 11.5. The molecule has 0 spiro atoms. The average Bonchev–Trinajstić information content (AvgIpc) is 3.09. The van der Waals surface area contributed by atoms with Crippen molar-refractivity contribution in [3.05, 3.63) is 111 Å². The first-order chi connectivity index (χ1) is 15.0. The van der Waals surface area contributed by atoms with Gasteiger partial charge in [0.15, 0.2) is 0 Å². The third kappa shape index (κ3) is 3.39. The lowest BCUT2D eigenvalue weighted by Gasteiger charge is -2.11. The average molecular weight is 436 g/mol. The Morgan fingerprint density at radius 1 is 0.903 bits per heavy atom. The van der Waals surface area contributed by atoms with Crippen LogP contribution >= 0.6 is 11.6 Å². The van der Waals surface area contributed by atoms with Gasteiger partial charge in [-0.25, -0.2) is 13.8 Å². The highest BCUT2D eigenvalue weighted by molar-refractivity contribution is 6.31. The molecule has 0 bridgehead atoms. The number of fused-ring (bicyclic) bond motifs is 3. The second-order valence-corrected chi connectivity index (χ2v) is 7.71. The van der Waals surface area contributed by atoms with Gasteiger partial charge in [-0.3, -0.25) is 9.36 Å². The van der Waals surface area contributed by atoms with E-state index in [1.54, 1.807) is 28.8 Å². The molecular weight excluding hydrogens is 420 g/mol. The van der Waals surface area contributed by atoms with Gasteiger partial charge >= 0.3 is 0 Å². The molecule has 0 amide bonds. The van der Waals surface area contributed by atoms with Crippen LogP contribution in [0.25, 0.3) is 21.9 Å². The Labute approximate surface area is 181 Å². The number of aromatic nitrogens is 3. The van der Waals surface area contributed by atoms with E-state index in [0.29, 0.717) is 21.6 Å². The Hall–Kier alpha value is -3.51.